The van der Waals surface area contributed by atoms with Crippen LogP contribution in [-0.2, 0) is 133 Å². The first-order valence-electron chi connectivity index (χ1n) is 32.4. The predicted octanol–water partition coefficient (Wildman–Crippen LogP) is 4.57. The summed E-state index contributed by atoms with van der Waals surface area (Å²) in [5.74, 6) is 2.04. The van der Waals surface area contributed by atoms with Gasteiger partial charge in [-0.3, -0.25) is 72.4 Å². The maximum Gasteiger partial charge on any atom is 0.475 e. The van der Waals surface area contributed by atoms with Crippen LogP contribution in [0.15, 0.2) is 0 Å². The van der Waals surface area contributed by atoms with E-state index in [-0.39, 0.29) is 104 Å². The van der Waals surface area contributed by atoms with Crippen molar-refractivity contribution >= 4 is 128 Å². The van der Waals surface area contributed by atoms with E-state index >= 15 is 0 Å². The van der Waals surface area contributed by atoms with Gasteiger partial charge in [0.05, 0.1) is 89.5 Å². The molecule has 12 radical (unpaired) electrons. The van der Waals surface area contributed by atoms with E-state index in [1.165, 1.54) is 0 Å². The van der Waals surface area contributed by atoms with Crippen molar-refractivity contribution in [2.45, 2.75) is 167 Å². The van der Waals surface area contributed by atoms with Crippen molar-refractivity contribution in [3.63, 3.8) is 0 Å². The fraction of sp³-hybridized carbons (Fsp3) is 0.923. The highest BCUT2D eigenvalue weighted by Gasteiger charge is 2.49. The minimum absolute atomic E-state index is 0.00268. The van der Waals surface area contributed by atoms with Gasteiger partial charge in [-0.15, -0.1) is 0 Å². The summed E-state index contributed by atoms with van der Waals surface area (Å²) in [6, 6.07) is -5.40. The van der Waals surface area contributed by atoms with Crippen molar-refractivity contribution in [2.75, 3.05) is 136 Å². The highest BCUT2D eigenvalue weighted by atomic mass is 33.1. The highest BCUT2D eigenvalue weighted by Crippen LogP contribution is 2.58. The first-order chi connectivity index (χ1) is 49.5. The Balaban J connectivity index is 0.000000387. The zero-order chi connectivity index (χ0) is 76.4. The third kappa shape index (κ3) is 35.0. The van der Waals surface area contributed by atoms with Gasteiger partial charge < -0.3 is 72.5 Å². The van der Waals surface area contributed by atoms with Crippen LogP contribution in [0.2, 0.25) is 0 Å². The molecule has 0 saturated carbocycles. The molecule has 576 valence electrons. The third-order valence-electron chi connectivity index (χ3n) is 14.6. The van der Waals surface area contributed by atoms with E-state index < -0.39 is 196 Å². The lowest BCUT2D eigenvalue weighted by molar-refractivity contribution is -0.0383. The van der Waals surface area contributed by atoms with Gasteiger partial charge in [-0.05, 0) is 63.5 Å². The minimum atomic E-state index is -4.87. The summed E-state index contributed by atoms with van der Waals surface area (Å²) in [5.41, 5.74) is 0. The fourth-order valence-corrected chi connectivity index (χ4v) is 19.7. The number of ether oxygens (including phenoxy) is 7. The molecular weight excluding hydrogens is 1560 g/mol. The summed E-state index contributed by atoms with van der Waals surface area (Å²) >= 11 is 4.07. The van der Waals surface area contributed by atoms with Gasteiger partial charge >= 0.3 is 46.9 Å². The summed E-state index contributed by atoms with van der Waals surface area (Å²) in [5, 5.41) is 19.0. The Morgan fingerprint density at radius 2 is 0.635 bits per heavy atom. The van der Waals surface area contributed by atoms with E-state index in [9.17, 15) is 47.4 Å². The molecule has 4 N–H and O–H groups in total. The Bertz CT molecular complexity index is 3030. The molecule has 0 aliphatic carbocycles. The van der Waals surface area contributed by atoms with Crippen LogP contribution in [0.4, 0.5) is 0 Å². The number of phosphoric acid groups is 6. The highest BCUT2D eigenvalue weighted by molar-refractivity contribution is 8.76. The molecule has 6 aliphatic heterocycles. The molecule has 6 heterocycles. The average Bonchev–Trinajstić information content (AvgIpc) is 1.67. The lowest BCUT2D eigenvalue weighted by Gasteiger charge is -2.28. The Kier molecular flexibility index (Phi) is 44.1. The molecule has 12 unspecified atom stereocenters. The molecular formula is C52H84B6N4O33P6S3. The number of nitrogens with zero attached hydrogens (tertiary/aromatic N) is 4. The minimum Gasteiger partial charge on any atom is -0.394 e. The lowest BCUT2D eigenvalue weighted by atomic mass is 9.96. The van der Waals surface area contributed by atoms with Crippen molar-refractivity contribution in [2.24, 2.45) is 0 Å². The Labute approximate surface area is 627 Å². The molecule has 6 fully saturated rings. The van der Waals surface area contributed by atoms with Gasteiger partial charge in [0.2, 0.25) is 26.2 Å². The monoisotopic (exact) mass is 1640 g/mol. The number of rotatable bonds is 52. The molecule has 0 aromatic heterocycles. The van der Waals surface area contributed by atoms with E-state index in [0.717, 1.165) is 12.2 Å². The van der Waals surface area contributed by atoms with Gasteiger partial charge in [-0.2, -0.15) is 12.6 Å². The number of thiol groups is 1. The molecule has 24 atom stereocenters. The normalized spacial score (nSPS) is 32.4. The maximum absolute atomic E-state index is 14.1. The number of aliphatic hydroxyl groups excluding tert-OH is 2. The summed E-state index contributed by atoms with van der Waals surface area (Å²) < 4.78 is 205. The summed E-state index contributed by atoms with van der Waals surface area (Å²) in [6.07, 6.45) is -11.1. The first kappa shape index (κ1) is 94.3. The second kappa shape index (κ2) is 48.7. The molecule has 6 saturated heterocycles. The number of hydrogen-bond donors (Lipinski definition) is 5. The van der Waals surface area contributed by atoms with Crippen LogP contribution in [-0.4, -0.2) is 313 Å². The van der Waals surface area contributed by atoms with Crippen molar-refractivity contribution in [3.8, 4) is 0 Å². The molecule has 0 amide bonds. The summed E-state index contributed by atoms with van der Waals surface area (Å²) in [7, 11) is 13.0. The van der Waals surface area contributed by atoms with Crippen LogP contribution >= 0.6 is 81.2 Å². The standard InChI is InChI=1S/C31H49B3N3O17P3S2.C21H35B3NO16P3S/c1-35-7-12-44-55(39,43-11-6-16-59-58-15-5-10-42-4)53-24-18-30(33)50-27(24)21-48-57(41,46-14-9-37-3)54-25-19-31(34)51-28(25)22-47-56(40,45-13-8-36-2)52-23-17-29(32)49-26(23)20-38;1-25-3-5-33-44(31,32-4-2-6-45)41-15-9-21(24)38-18(15)12-35-43(29,30)40-14-8-20(23)37-17(14)11-34-42(27,28)39-13-7-19(22)36-16(13)10-26/h23-31,38H,5-22H2,4H3;13-21,26,45H,2-12H2,(H,27,28)(H,29,30)/t23?,24?,25?,26-,27-,28-,29-,30-,31-,55?,56?,57?;13?,14?,15?,16-,17-,18-,19-,20-,21-,44?/m11/s1. The molecule has 0 bridgehead atoms. The molecule has 104 heavy (non-hydrogen) atoms. The van der Waals surface area contributed by atoms with Crippen molar-refractivity contribution in [1.82, 2.24) is 0 Å². The van der Waals surface area contributed by atoms with Crippen molar-refractivity contribution in [1.29, 1.82) is 0 Å². The molecule has 6 rings (SSSR count). The zero-order valence-corrected chi connectivity index (χ0v) is 64.6. The fourth-order valence-electron chi connectivity index (χ4n) is 9.90. The summed E-state index contributed by atoms with van der Waals surface area (Å²) in [6.45, 7) is 23.7. The van der Waals surface area contributed by atoms with Crippen LogP contribution in [0, 0.1) is 26.3 Å². The van der Waals surface area contributed by atoms with Crippen LogP contribution < -0.4 is 0 Å². The second-order valence-electron chi connectivity index (χ2n) is 22.8. The molecule has 0 aromatic rings. The van der Waals surface area contributed by atoms with Gasteiger partial charge in [0, 0.05) is 61.2 Å². The van der Waals surface area contributed by atoms with Gasteiger partial charge in [0.15, 0.2) is 0 Å². The largest absolute Gasteiger partial charge is 0.475 e. The van der Waals surface area contributed by atoms with Gasteiger partial charge in [0.1, 0.15) is 110 Å². The Hall–Kier alpha value is -0.300. The Morgan fingerprint density at radius 3 is 0.933 bits per heavy atom. The van der Waals surface area contributed by atoms with Gasteiger partial charge in [-0.1, -0.05) is 21.6 Å². The molecule has 6 aliphatic rings. The number of methoxy groups -OCH3 is 1. The Morgan fingerprint density at radius 1 is 0.385 bits per heavy atom. The third-order valence-corrected chi connectivity index (χ3v) is 25.5. The topological polar surface area (TPSA) is 413 Å². The second-order valence-corrected chi connectivity index (χ2v) is 35.2. The number of phosphoric ester groups is 6. The molecule has 0 aromatic carbocycles. The van der Waals surface area contributed by atoms with Crippen LogP contribution in [0.25, 0.3) is 19.4 Å². The first-order valence-corrected chi connectivity index (χ1v) is 44.4. The molecule has 52 heteroatoms. The predicted molar refractivity (Wildman–Crippen MR) is 378 cm³/mol. The molecule has 0 spiro atoms. The van der Waals surface area contributed by atoms with Crippen LogP contribution in [0.1, 0.15) is 57.8 Å². The van der Waals surface area contributed by atoms with E-state index in [1.54, 1.807) is 28.7 Å². The number of hydrogen-bond acceptors (Lipinski definition) is 34. The van der Waals surface area contributed by atoms with Gasteiger partial charge in [-0.25, -0.2) is 53.7 Å². The van der Waals surface area contributed by atoms with Crippen molar-refractivity contribution in [3.05, 3.63) is 45.7 Å². The van der Waals surface area contributed by atoms with Gasteiger partial charge in [0.25, 0.3) is 0 Å². The zero-order valence-electron chi connectivity index (χ0n) is 56.7. The van der Waals surface area contributed by atoms with Crippen LogP contribution in [0.5, 0.6) is 0 Å². The quantitative estimate of drug-likeness (QED) is 0.0139. The van der Waals surface area contributed by atoms with E-state index in [2.05, 4.69) is 32.0 Å². The van der Waals surface area contributed by atoms with Crippen molar-refractivity contribution < 1.29 is 153 Å². The summed E-state index contributed by atoms with van der Waals surface area (Å²) in [4.78, 5) is 33.3. The average molecular weight is 1640 g/mol. The lowest BCUT2D eigenvalue weighted by Crippen LogP contribution is -2.32. The maximum atomic E-state index is 14.1. The van der Waals surface area contributed by atoms with E-state index in [1.807, 2.05) is 0 Å². The number of aliphatic hydroxyl groups is 2. The van der Waals surface area contributed by atoms with E-state index in [4.69, 9.17) is 179 Å². The smallest absolute Gasteiger partial charge is 0.394 e. The van der Waals surface area contributed by atoms with E-state index in [0.29, 0.717) is 31.0 Å². The SMILES string of the molecule is [B][C@H]1CC(OP(=O)(O)OC[C@H]2O[C@@H]([B])CC2OP(=O)(O)OC[C@H]2O[C@@H]([B])CC2OP(=O)(OCCCS)OCC[N+]#[C-])[C@@H](CO)O1.[B][C@H]1CC(OP(=O)(OCC[N+]#[C-])OC[C@H]2O[C@@H]([B])CC2OP(=O)(OCC[N+]#[C-])OC[C@H]2O[C@@H]([B])CC2OP(=O)(OCCCSSCCCOC)OCC[N+]#[C-])[C@@H](CO)O1. The van der Waals surface area contributed by atoms with Crippen LogP contribution in [0.3, 0.4) is 0 Å². The molecule has 37 nitrogen and oxygen atoms in total.